The number of phenolic OH excluding ortho intramolecular Hbond substituents is 1. The van der Waals surface area contributed by atoms with Crippen LogP contribution < -0.4 is 0 Å². The molecule has 0 heterocycles. The third kappa shape index (κ3) is 2.45. The van der Waals surface area contributed by atoms with Crippen molar-refractivity contribution >= 4 is 5.97 Å². The van der Waals surface area contributed by atoms with Gasteiger partial charge in [-0.05, 0) is 6.07 Å². The fourth-order valence-electron chi connectivity index (χ4n) is 1.04. The maximum absolute atomic E-state index is 10.3. The Hall–Kier alpha value is -1.55. The average Bonchev–Trinajstić information content (AvgIpc) is 2.03. The molecule has 0 saturated heterocycles. The minimum absolute atomic E-state index is 0.0868. The number of aromatic hydroxyl groups is 1. The minimum Gasteiger partial charge on any atom is -0.508 e. The molecule has 0 saturated carbocycles. The van der Waals surface area contributed by atoms with Gasteiger partial charge >= 0.3 is 5.97 Å². The molecule has 0 aliphatic rings. The number of carbonyl (C=O) groups is 1. The molecule has 4 nitrogen and oxygen atoms in total. The lowest BCUT2D eigenvalue weighted by Gasteiger charge is -2.09. The van der Waals surface area contributed by atoms with Crippen LogP contribution in [0.25, 0.3) is 0 Å². The molecule has 0 amide bonds. The summed E-state index contributed by atoms with van der Waals surface area (Å²) in [6, 6.07) is 6.12. The maximum Gasteiger partial charge on any atom is 0.306 e. The van der Waals surface area contributed by atoms with Gasteiger partial charge in [0.2, 0.25) is 0 Å². The molecular weight excluding hydrogens is 172 g/mol. The van der Waals surface area contributed by atoms with E-state index in [1.54, 1.807) is 12.1 Å². The van der Waals surface area contributed by atoms with E-state index in [1.165, 1.54) is 12.1 Å². The number of phenols is 1. The number of carboxylic acids is 1. The lowest BCUT2D eigenvalue weighted by Crippen LogP contribution is -2.05. The molecule has 0 aliphatic heterocycles. The summed E-state index contributed by atoms with van der Waals surface area (Å²) < 4.78 is 0. The van der Waals surface area contributed by atoms with Crippen molar-refractivity contribution in [2.24, 2.45) is 0 Å². The van der Waals surface area contributed by atoms with Gasteiger partial charge in [-0.2, -0.15) is 0 Å². The number of hydrogen-bond donors (Lipinski definition) is 3. The third-order valence-corrected chi connectivity index (χ3v) is 1.66. The first-order chi connectivity index (χ1) is 6.11. The first-order valence-corrected chi connectivity index (χ1v) is 3.79. The van der Waals surface area contributed by atoms with Crippen molar-refractivity contribution in [2.45, 2.75) is 12.5 Å². The van der Waals surface area contributed by atoms with E-state index in [2.05, 4.69) is 0 Å². The second-order valence-electron chi connectivity index (χ2n) is 2.67. The van der Waals surface area contributed by atoms with Gasteiger partial charge in [0.1, 0.15) is 5.75 Å². The number of rotatable bonds is 3. The van der Waals surface area contributed by atoms with Crippen molar-refractivity contribution in [3.05, 3.63) is 29.8 Å². The topological polar surface area (TPSA) is 77.8 Å². The molecule has 1 atom stereocenters. The quantitative estimate of drug-likeness (QED) is 0.649. The van der Waals surface area contributed by atoms with E-state index in [0.29, 0.717) is 0 Å². The number of benzene rings is 1. The molecule has 0 spiro atoms. The van der Waals surface area contributed by atoms with Gasteiger partial charge in [0, 0.05) is 5.56 Å². The highest BCUT2D eigenvalue weighted by atomic mass is 16.4. The highest BCUT2D eigenvalue weighted by Gasteiger charge is 2.14. The van der Waals surface area contributed by atoms with Gasteiger partial charge in [0.15, 0.2) is 0 Å². The fourth-order valence-corrected chi connectivity index (χ4v) is 1.04. The Labute approximate surface area is 75.1 Å². The van der Waals surface area contributed by atoms with E-state index in [9.17, 15) is 15.0 Å². The summed E-state index contributed by atoms with van der Waals surface area (Å²) in [7, 11) is 0. The zero-order valence-corrected chi connectivity index (χ0v) is 6.84. The van der Waals surface area contributed by atoms with Crippen molar-refractivity contribution in [3.8, 4) is 5.75 Å². The van der Waals surface area contributed by atoms with Crippen LogP contribution in [0.1, 0.15) is 18.1 Å². The van der Waals surface area contributed by atoms with Crippen LogP contribution >= 0.6 is 0 Å². The normalized spacial score (nSPS) is 12.4. The number of carboxylic acid groups (broad SMARTS) is 1. The molecule has 0 unspecified atom stereocenters. The van der Waals surface area contributed by atoms with Crippen molar-refractivity contribution in [1.82, 2.24) is 0 Å². The molecule has 0 aliphatic carbocycles. The summed E-state index contributed by atoms with van der Waals surface area (Å²) in [5, 5.41) is 27.0. The molecule has 70 valence electrons. The molecule has 13 heavy (non-hydrogen) atoms. The Morgan fingerprint density at radius 1 is 1.38 bits per heavy atom. The van der Waals surface area contributed by atoms with Gasteiger partial charge in [-0.3, -0.25) is 4.79 Å². The van der Waals surface area contributed by atoms with Crippen LogP contribution in [0.3, 0.4) is 0 Å². The third-order valence-electron chi connectivity index (χ3n) is 1.66. The van der Waals surface area contributed by atoms with Crippen molar-refractivity contribution in [3.63, 3.8) is 0 Å². The molecule has 1 rings (SSSR count). The van der Waals surface area contributed by atoms with E-state index in [0.717, 1.165) is 0 Å². The predicted octanol–water partition coefficient (Wildman–Crippen LogP) is 0.900. The molecule has 0 bridgehead atoms. The molecule has 0 radical (unpaired) electrons. The van der Waals surface area contributed by atoms with Gasteiger partial charge in [-0.15, -0.1) is 0 Å². The second-order valence-corrected chi connectivity index (χ2v) is 2.67. The molecule has 3 N–H and O–H groups in total. The Morgan fingerprint density at radius 3 is 2.54 bits per heavy atom. The summed E-state index contributed by atoms with van der Waals surface area (Å²) in [6.07, 6.45) is -1.56. The van der Waals surface area contributed by atoms with Crippen LogP contribution in [0, 0.1) is 0 Å². The van der Waals surface area contributed by atoms with Gasteiger partial charge in [0.05, 0.1) is 12.5 Å². The van der Waals surface area contributed by atoms with Gasteiger partial charge in [-0.25, -0.2) is 0 Å². The smallest absolute Gasteiger partial charge is 0.306 e. The standard InChI is InChI=1S/C9H10O4/c10-7-4-2-1-3-6(7)8(11)5-9(12)13/h1-4,8,10-11H,5H2,(H,12,13)/t8-/m1/s1. The highest BCUT2D eigenvalue weighted by Crippen LogP contribution is 2.25. The van der Waals surface area contributed by atoms with E-state index < -0.39 is 18.5 Å². The Kier molecular flexibility index (Phi) is 2.87. The van der Waals surface area contributed by atoms with E-state index >= 15 is 0 Å². The average molecular weight is 182 g/mol. The van der Waals surface area contributed by atoms with Crippen molar-refractivity contribution < 1.29 is 20.1 Å². The van der Waals surface area contributed by atoms with E-state index in [1.807, 2.05) is 0 Å². The summed E-state index contributed by atoms with van der Waals surface area (Å²) in [5.41, 5.74) is 0.241. The maximum atomic E-state index is 10.3. The van der Waals surface area contributed by atoms with Gasteiger partial charge in [0.25, 0.3) is 0 Å². The molecular formula is C9H10O4. The first-order valence-electron chi connectivity index (χ1n) is 3.79. The number of para-hydroxylation sites is 1. The van der Waals surface area contributed by atoms with Gasteiger partial charge < -0.3 is 15.3 Å². The van der Waals surface area contributed by atoms with Crippen LogP contribution in [0.5, 0.6) is 5.75 Å². The zero-order valence-electron chi connectivity index (χ0n) is 6.84. The van der Waals surface area contributed by atoms with Crippen LogP contribution in [0.15, 0.2) is 24.3 Å². The summed E-state index contributed by atoms with van der Waals surface area (Å²) in [4.78, 5) is 10.3. The van der Waals surface area contributed by atoms with Crippen LogP contribution in [0.4, 0.5) is 0 Å². The van der Waals surface area contributed by atoms with Gasteiger partial charge in [-0.1, -0.05) is 18.2 Å². The Balaban J connectivity index is 2.82. The monoisotopic (exact) mass is 182 g/mol. The molecule has 0 aromatic heterocycles. The predicted molar refractivity (Wildman–Crippen MR) is 45.3 cm³/mol. The number of hydrogen-bond acceptors (Lipinski definition) is 3. The molecule has 1 aromatic carbocycles. The highest BCUT2D eigenvalue weighted by molar-refractivity contribution is 5.67. The number of aliphatic carboxylic acids is 1. The number of aliphatic hydroxyl groups excluding tert-OH is 1. The zero-order chi connectivity index (χ0) is 9.84. The fraction of sp³-hybridized carbons (Fsp3) is 0.222. The van der Waals surface area contributed by atoms with Crippen LogP contribution in [-0.4, -0.2) is 21.3 Å². The van der Waals surface area contributed by atoms with Crippen LogP contribution in [-0.2, 0) is 4.79 Å². The molecule has 4 heteroatoms. The SMILES string of the molecule is O=C(O)C[C@@H](O)c1ccccc1O. The van der Waals surface area contributed by atoms with Crippen molar-refractivity contribution in [2.75, 3.05) is 0 Å². The molecule has 1 aromatic rings. The lowest BCUT2D eigenvalue weighted by atomic mass is 10.1. The minimum atomic E-state index is -1.15. The van der Waals surface area contributed by atoms with Crippen LogP contribution in [0.2, 0.25) is 0 Å². The van der Waals surface area contributed by atoms with E-state index in [-0.39, 0.29) is 11.3 Å². The summed E-state index contributed by atoms with van der Waals surface area (Å²) >= 11 is 0. The lowest BCUT2D eigenvalue weighted by molar-refractivity contribution is -0.139. The Bertz CT molecular complexity index is 308. The molecule has 0 fully saturated rings. The summed E-state index contributed by atoms with van der Waals surface area (Å²) in [5.74, 6) is -1.19. The number of aliphatic hydroxyl groups is 1. The summed E-state index contributed by atoms with van der Waals surface area (Å²) in [6.45, 7) is 0. The van der Waals surface area contributed by atoms with Crippen molar-refractivity contribution in [1.29, 1.82) is 0 Å². The first kappa shape index (κ1) is 9.54. The largest absolute Gasteiger partial charge is 0.508 e. The van der Waals surface area contributed by atoms with E-state index in [4.69, 9.17) is 5.11 Å². The second kappa shape index (κ2) is 3.91. The Morgan fingerprint density at radius 2 is 2.00 bits per heavy atom.